The number of carbonyl (C=O) groups excluding carboxylic acids is 2. The predicted molar refractivity (Wildman–Crippen MR) is 102 cm³/mol. The zero-order valence-electron chi connectivity index (χ0n) is 16.1. The summed E-state index contributed by atoms with van der Waals surface area (Å²) in [4.78, 5) is 24.6. The third-order valence-electron chi connectivity index (χ3n) is 6.46. The summed E-state index contributed by atoms with van der Waals surface area (Å²) in [6.07, 6.45) is 4.65. The van der Waals surface area contributed by atoms with Gasteiger partial charge in [0.2, 0.25) is 0 Å². The van der Waals surface area contributed by atoms with Gasteiger partial charge in [0.25, 0.3) is 0 Å². The Hall–Kier alpha value is -2.62. The van der Waals surface area contributed by atoms with Gasteiger partial charge >= 0.3 is 11.9 Å². The first-order chi connectivity index (χ1) is 12.8. The Labute approximate surface area is 159 Å². The molecule has 0 fully saturated rings. The van der Waals surface area contributed by atoms with Crippen LogP contribution in [0.5, 0.6) is 0 Å². The molecule has 1 aliphatic heterocycles. The van der Waals surface area contributed by atoms with Gasteiger partial charge in [-0.1, -0.05) is 45.0 Å². The molecule has 0 N–H and O–H groups in total. The molecule has 1 aromatic rings. The second-order valence-corrected chi connectivity index (χ2v) is 8.10. The van der Waals surface area contributed by atoms with Crippen molar-refractivity contribution in [2.75, 3.05) is 0 Å². The summed E-state index contributed by atoms with van der Waals surface area (Å²) < 4.78 is 11.4. The smallest absolute Gasteiger partial charge is 0.339 e. The van der Waals surface area contributed by atoms with Gasteiger partial charge in [0.15, 0.2) is 0 Å². The molecule has 1 aromatic carbocycles. The molecule has 3 aliphatic rings. The van der Waals surface area contributed by atoms with E-state index in [9.17, 15) is 9.59 Å². The van der Waals surface area contributed by atoms with E-state index >= 15 is 0 Å². The number of allylic oxidation sites excluding steroid dienone is 3. The molecule has 0 amide bonds. The van der Waals surface area contributed by atoms with Crippen molar-refractivity contribution >= 4 is 11.9 Å². The van der Waals surface area contributed by atoms with Crippen LogP contribution in [0, 0.1) is 17.3 Å². The number of rotatable bonds is 2. The van der Waals surface area contributed by atoms with E-state index in [-0.39, 0.29) is 35.3 Å². The highest BCUT2D eigenvalue weighted by molar-refractivity contribution is 5.94. The summed E-state index contributed by atoms with van der Waals surface area (Å²) in [6, 6.07) is 9.10. The average molecular weight is 364 g/mol. The van der Waals surface area contributed by atoms with Crippen LogP contribution in [-0.2, 0) is 14.3 Å². The van der Waals surface area contributed by atoms with Crippen molar-refractivity contribution < 1.29 is 19.1 Å². The van der Waals surface area contributed by atoms with Crippen LogP contribution in [0.4, 0.5) is 0 Å². The average Bonchev–Trinajstić information content (AvgIpc) is 2.92. The number of ether oxygens (including phenoxy) is 2. The number of benzene rings is 1. The zero-order valence-corrected chi connectivity index (χ0v) is 16.1. The summed E-state index contributed by atoms with van der Waals surface area (Å²) in [5.74, 6) is 0.319. The maximum absolute atomic E-state index is 12.6. The van der Waals surface area contributed by atoms with Crippen molar-refractivity contribution in [3.63, 3.8) is 0 Å². The molecule has 4 nitrogen and oxygen atoms in total. The van der Waals surface area contributed by atoms with Crippen LogP contribution in [-0.4, -0.2) is 18.0 Å². The normalized spacial score (nSPS) is 32.1. The monoisotopic (exact) mass is 364 g/mol. The summed E-state index contributed by atoms with van der Waals surface area (Å²) in [6.45, 7) is 8.22. The van der Waals surface area contributed by atoms with Gasteiger partial charge in [0.05, 0.1) is 5.56 Å². The van der Waals surface area contributed by atoms with E-state index in [0.717, 1.165) is 17.6 Å². The highest BCUT2D eigenvalue weighted by Crippen LogP contribution is 2.54. The van der Waals surface area contributed by atoms with Crippen LogP contribution in [0.15, 0.2) is 65.0 Å². The van der Waals surface area contributed by atoms with Crippen LogP contribution < -0.4 is 0 Å². The van der Waals surface area contributed by atoms with Crippen LogP contribution in [0.25, 0.3) is 0 Å². The predicted octanol–water partition coefficient (Wildman–Crippen LogP) is 4.59. The van der Waals surface area contributed by atoms with Crippen LogP contribution >= 0.6 is 0 Å². The van der Waals surface area contributed by atoms with Crippen LogP contribution in [0.3, 0.4) is 0 Å². The molecular weight excluding hydrogens is 340 g/mol. The minimum Gasteiger partial charge on any atom is -0.458 e. The fourth-order valence-electron chi connectivity index (χ4n) is 4.49. The molecule has 27 heavy (non-hydrogen) atoms. The fourth-order valence-corrected chi connectivity index (χ4v) is 4.49. The Bertz CT molecular complexity index is 906. The van der Waals surface area contributed by atoms with E-state index in [4.69, 9.17) is 9.47 Å². The van der Waals surface area contributed by atoms with Gasteiger partial charge in [-0.05, 0) is 37.1 Å². The summed E-state index contributed by atoms with van der Waals surface area (Å²) in [5, 5.41) is 0. The van der Waals surface area contributed by atoms with E-state index < -0.39 is 0 Å². The van der Waals surface area contributed by atoms with E-state index in [2.05, 4.69) is 26.8 Å². The lowest BCUT2D eigenvalue weighted by Crippen LogP contribution is -2.45. The molecule has 4 unspecified atom stereocenters. The van der Waals surface area contributed by atoms with E-state index in [0.29, 0.717) is 16.9 Å². The first-order valence-electron chi connectivity index (χ1n) is 9.43. The van der Waals surface area contributed by atoms with Crippen molar-refractivity contribution in [3.05, 3.63) is 70.5 Å². The molecular formula is C23H24O4. The topological polar surface area (TPSA) is 52.6 Å². The van der Waals surface area contributed by atoms with Crippen LogP contribution in [0.1, 0.15) is 44.5 Å². The Balaban J connectivity index is 1.66. The molecule has 0 bridgehead atoms. The molecule has 1 heterocycles. The number of hydrogen-bond donors (Lipinski definition) is 0. The molecule has 4 atom stereocenters. The van der Waals surface area contributed by atoms with Crippen molar-refractivity contribution in [3.8, 4) is 0 Å². The van der Waals surface area contributed by atoms with Gasteiger partial charge in [-0.3, -0.25) is 0 Å². The van der Waals surface area contributed by atoms with E-state index in [1.165, 1.54) is 0 Å². The Morgan fingerprint density at radius 2 is 1.93 bits per heavy atom. The van der Waals surface area contributed by atoms with Gasteiger partial charge < -0.3 is 9.47 Å². The van der Waals surface area contributed by atoms with Crippen molar-refractivity contribution in [2.45, 2.75) is 40.2 Å². The Morgan fingerprint density at radius 1 is 1.22 bits per heavy atom. The highest BCUT2D eigenvalue weighted by Gasteiger charge is 2.49. The van der Waals surface area contributed by atoms with Gasteiger partial charge in [0.1, 0.15) is 11.9 Å². The highest BCUT2D eigenvalue weighted by atomic mass is 16.5. The number of carbonyl (C=O) groups is 2. The summed E-state index contributed by atoms with van der Waals surface area (Å²) in [5.41, 5.74) is 3.19. The minimum absolute atomic E-state index is 0.0799. The standard InChI is InChI=1S/C23H24O4/c1-13-10-17-11-19-18(14(2)21(24)26-19)12-23(17,4)15(3)20(13)27-22(25)16-8-6-5-7-9-16/h5-11,13,15,20H,12H2,1-4H3. The van der Waals surface area contributed by atoms with Gasteiger partial charge in [-0.25, -0.2) is 9.59 Å². The lowest BCUT2D eigenvalue weighted by atomic mass is 9.58. The Morgan fingerprint density at radius 3 is 2.63 bits per heavy atom. The molecule has 0 radical (unpaired) electrons. The third kappa shape index (κ3) is 2.75. The third-order valence-corrected chi connectivity index (χ3v) is 6.46. The van der Waals surface area contributed by atoms with E-state index in [1.807, 2.05) is 31.2 Å². The van der Waals surface area contributed by atoms with E-state index in [1.54, 1.807) is 12.1 Å². The summed E-state index contributed by atoms with van der Waals surface area (Å²) in [7, 11) is 0. The van der Waals surface area contributed by atoms with Gasteiger partial charge in [-0.2, -0.15) is 0 Å². The number of hydrogen-bond acceptors (Lipinski definition) is 4. The molecule has 4 rings (SSSR count). The van der Waals surface area contributed by atoms with Crippen molar-refractivity contribution in [1.82, 2.24) is 0 Å². The molecule has 4 heteroatoms. The summed E-state index contributed by atoms with van der Waals surface area (Å²) >= 11 is 0. The Kier molecular flexibility index (Phi) is 4.10. The van der Waals surface area contributed by atoms with Crippen molar-refractivity contribution in [1.29, 1.82) is 0 Å². The second-order valence-electron chi connectivity index (χ2n) is 8.10. The second kappa shape index (κ2) is 6.22. The zero-order chi connectivity index (χ0) is 19.3. The SMILES string of the molecule is CC1=C2CC3(C)C(=CC(C)C(OC(=O)c4ccccc4)C3C)C=C2OC1=O. The molecule has 0 spiro atoms. The van der Waals surface area contributed by atoms with Gasteiger partial charge in [-0.15, -0.1) is 0 Å². The largest absolute Gasteiger partial charge is 0.458 e. The van der Waals surface area contributed by atoms with Gasteiger partial charge in [0, 0.05) is 28.4 Å². The lowest BCUT2D eigenvalue weighted by Gasteiger charge is -2.48. The maximum atomic E-state index is 12.6. The molecule has 0 saturated carbocycles. The number of fused-ring (bicyclic) bond motifs is 2. The molecule has 0 aromatic heterocycles. The lowest BCUT2D eigenvalue weighted by molar-refractivity contribution is -0.133. The first kappa shape index (κ1) is 17.8. The van der Waals surface area contributed by atoms with Crippen LogP contribution in [0.2, 0.25) is 0 Å². The molecule has 140 valence electrons. The molecule has 2 aliphatic carbocycles. The maximum Gasteiger partial charge on any atom is 0.339 e. The number of esters is 2. The minimum atomic E-state index is -0.290. The van der Waals surface area contributed by atoms with Crippen molar-refractivity contribution in [2.24, 2.45) is 17.3 Å². The quantitative estimate of drug-likeness (QED) is 0.720. The molecule has 0 saturated heterocycles. The first-order valence-corrected chi connectivity index (χ1v) is 9.43. The fraction of sp³-hybridized carbons (Fsp3) is 0.391.